The van der Waals surface area contributed by atoms with E-state index in [0.717, 1.165) is 10.8 Å². The molecule has 148 valence electrons. The van der Waals surface area contributed by atoms with Gasteiger partial charge in [-0.1, -0.05) is 30.3 Å². The number of amides is 1. The van der Waals surface area contributed by atoms with Crippen molar-refractivity contribution in [3.8, 4) is 17.2 Å². The summed E-state index contributed by atoms with van der Waals surface area (Å²) >= 11 is 0. The minimum atomic E-state index is -0.979. The van der Waals surface area contributed by atoms with E-state index < -0.39 is 18.0 Å². The van der Waals surface area contributed by atoms with Gasteiger partial charge in [0.2, 0.25) is 6.79 Å². The number of hydrogen-bond acceptors (Lipinski definition) is 6. The van der Waals surface area contributed by atoms with E-state index in [0.29, 0.717) is 22.9 Å². The maximum atomic E-state index is 12.3. The monoisotopic (exact) mass is 393 g/mol. The van der Waals surface area contributed by atoms with E-state index in [9.17, 15) is 9.59 Å². The molecule has 1 aliphatic rings. The molecule has 0 aromatic heterocycles. The van der Waals surface area contributed by atoms with E-state index >= 15 is 0 Å². The fraction of sp³-hybridized carbons (Fsp3) is 0.182. The highest BCUT2D eigenvalue weighted by Crippen LogP contribution is 2.34. The molecular formula is C22H19NO6. The number of esters is 1. The molecule has 1 atom stereocenters. The molecular weight excluding hydrogens is 374 g/mol. The normalized spacial score (nSPS) is 13.0. The smallest absolute Gasteiger partial charge is 0.344 e. The van der Waals surface area contributed by atoms with Gasteiger partial charge in [-0.3, -0.25) is 4.79 Å². The molecule has 0 saturated carbocycles. The summed E-state index contributed by atoms with van der Waals surface area (Å²) in [6, 6.07) is 18.4. The van der Waals surface area contributed by atoms with E-state index in [4.69, 9.17) is 18.9 Å². The van der Waals surface area contributed by atoms with Crippen molar-refractivity contribution in [3.63, 3.8) is 0 Å². The van der Waals surface area contributed by atoms with Gasteiger partial charge in [0.15, 0.2) is 24.2 Å². The van der Waals surface area contributed by atoms with E-state index in [-0.39, 0.29) is 13.4 Å². The molecule has 0 saturated heterocycles. The van der Waals surface area contributed by atoms with Crippen LogP contribution in [0.15, 0.2) is 60.7 Å². The van der Waals surface area contributed by atoms with Crippen LogP contribution in [0.2, 0.25) is 0 Å². The Hall–Kier alpha value is -3.74. The van der Waals surface area contributed by atoms with Crippen molar-refractivity contribution in [1.29, 1.82) is 0 Å². The third kappa shape index (κ3) is 4.40. The number of carbonyl (C=O) groups excluding carboxylic acids is 2. The van der Waals surface area contributed by atoms with Gasteiger partial charge in [0.1, 0.15) is 5.75 Å². The van der Waals surface area contributed by atoms with Gasteiger partial charge in [-0.15, -0.1) is 0 Å². The van der Waals surface area contributed by atoms with Gasteiger partial charge >= 0.3 is 5.97 Å². The predicted octanol–water partition coefficient (Wildman–Crippen LogP) is 3.52. The Morgan fingerprint density at radius 2 is 1.79 bits per heavy atom. The highest BCUT2D eigenvalue weighted by Gasteiger charge is 2.20. The standard InChI is InChI=1S/C22H19NO6/c1-14(22(25)23-17-7-9-19-20(11-17)28-13-27-19)29-21(24)12-26-18-8-6-15-4-2-3-5-16(15)10-18/h2-11,14H,12-13H2,1H3,(H,23,25)/t14-/m1/s1. The second-order valence-electron chi connectivity index (χ2n) is 6.49. The van der Waals surface area contributed by atoms with Gasteiger partial charge < -0.3 is 24.3 Å². The molecule has 0 fully saturated rings. The number of anilines is 1. The highest BCUT2D eigenvalue weighted by atomic mass is 16.7. The minimum absolute atomic E-state index is 0.151. The molecule has 3 aromatic rings. The van der Waals surface area contributed by atoms with Crippen LogP contribution in [0.25, 0.3) is 10.8 Å². The topological polar surface area (TPSA) is 83.1 Å². The van der Waals surface area contributed by atoms with Crippen LogP contribution in [0, 0.1) is 0 Å². The van der Waals surface area contributed by atoms with Crippen molar-refractivity contribution in [2.24, 2.45) is 0 Å². The molecule has 0 unspecified atom stereocenters. The third-order valence-corrected chi connectivity index (χ3v) is 4.40. The maximum Gasteiger partial charge on any atom is 0.344 e. The summed E-state index contributed by atoms with van der Waals surface area (Å²) in [4.78, 5) is 24.3. The first-order valence-electron chi connectivity index (χ1n) is 9.10. The van der Waals surface area contributed by atoms with E-state index in [1.165, 1.54) is 6.92 Å². The third-order valence-electron chi connectivity index (χ3n) is 4.40. The van der Waals surface area contributed by atoms with Crippen LogP contribution < -0.4 is 19.5 Å². The van der Waals surface area contributed by atoms with Crippen molar-refractivity contribution in [2.45, 2.75) is 13.0 Å². The molecule has 1 amide bonds. The number of ether oxygens (including phenoxy) is 4. The van der Waals surface area contributed by atoms with E-state index in [1.807, 2.05) is 36.4 Å². The zero-order valence-corrected chi connectivity index (χ0v) is 15.7. The molecule has 0 aliphatic carbocycles. The lowest BCUT2D eigenvalue weighted by atomic mass is 10.1. The van der Waals surface area contributed by atoms with Crippen LogP contribution in [0.1, 0.15) is 6.92 Å². The lowest BCUT2D eigenvalue weighted by Gasteiger charge is -2.14. The second-order valence-corrected chi connectivity index (χ2v) is 6.49. The summed E-state index contributed by atoms with van der Waals surface area (Å²) in [5.74, 6) is 0.636. The van der Waals surface area contributed by atoms with Crippen LogP contribution in [-0.4, -0.2) is 31.4 Å². The Balaban J connectivity index is 1.28. The first kappa shape index (κ1) is 18.6. The highest BCUT2D eigenvalue weighted by molar-refractivity contribution is 5.95. The Morgan fingerprint density at radius 3 is 2.66 bits per heavy atom. The van der Waals surface area contributed by atoms with E-state index in [2.05, 4.69) is 5.32 Å². The van der Waals surface area contributed by atoms with Crippen molar-refractivity contribution >= 4 is 28.3 Å². The van der Waals surface area contributed by atoms with Gasteiger partial charge in [-0.05, 0) is 42.0 Å². The number of rotatable bonds is 6. The van der Waals surface area contributed by atoms with Crippen LogP contribution in [0.4, 0.5) is 5.69 Å². The molecule has 0 bridgehead atoms. The Kier molecular flexibility index (Phi) is 5.20. The molecule has 3 aromatic carbocycles. The summed E-state index contributed by atoms with van der Waals surface area (Å²) in [7, 11) is 0. The lowest BCUT2D eigenvalue weighted by molar-refractivity contribution is -0.155. The number of benzene rings is 3. The Morgan fingerprint density at radius 1 is 1.00 bits per heavy atom. The number of carbonyl (C=O) groups is 2. The number of hydrogen-bond donors (Lipinski definition) is 1. The molecule has 7 nitrogen and oxygen atoms in total. The van der Waals surface area contributed by atoms with Crippen LogP contribution >= 0.6 is 0 Å². The Bertz CT molecular complexity index is 1060. The van der Waals surface area contributed by atoms with Gasteiger partial charge in [0.25, 0.3) is 5.91 Å². The summed E-state index contributed by atoms with van der Waals surface area (Å²) in [6.45, 7) is 1.36. The van der Waals surface area contributed by atoms with Gasteiger partial charge in [-0.2, -0.15) is 0 Å². The average Bonchev–Trinajstić information content (AvgIpc) is 3.20. The fourth-order valence-electron chi connectivity index (χ4n) is 2.90. The van der Waals surface area contributed by atoms with Crippen LogP contribution in [0.5, 0.6) is 17.2 Å². The summed E-state index contributed by atoms with van der Waals surface area (Å²) in [5.41, 5.74) is 0.523. The zero-order valence-electron chi connectivity index (χ0n) is 15.7. The molecule has 0 spiro atoms. The Labute approximate surface area is 167 Å². The molecule has 1 aliphatic heterocycles. The van der Waals surface area contributed by atoms with Crippen molar-refractivity contribution in [1.82, 2.24) is 0 Å². The molecule has 1 heterocycles. The molecule has 1 N–H and O–H groups in total. The van der Waals surface area contributed by atoms with E-state index in [1.54, 1.807) is 24.3 Å². The van der Waals surface area contributed by atoms with Crippen molar-refractivity contribution in [3.05, 3.63) is 60.7 Å². The van der Waals surface area contributed by atoms with Gasteiger partial charge in [0, 0.05) is 11.8 Å². The quantitative estimate of drug-likeness (QED) is 0.645. The van der Waals surface area contributed by atoms with Crippen molar-refractivity contribution in [2.75, 3.05) is 18.7 Å². The largest absolute Gasteiger partial charge is 0.482 e. The lowest BCUT2D eigenvalue weighted by Crippen LogP contribution is -2.31. The zero-order chi connectivity index (χ0) is 20.2. The molecule has 7 heteroatoms. The minimum Gasteiger partial charge on any atom is -0.482 e. The maximum absolute atomic E-state index is 12.3. The predicted molar refractivity (Wildman–Crippen MR) is 106 cm³/mol. The molecule has 4 rings (SSSR count). The fourth-order valence-corrected chi connectivity index (χ4v) is 2.90. The first-order chi connectivity index (χ1) is 14.1. The summed E-state index contributed by atoms with van der Waals surface area (Å²) in [6.07, 6.45) is -0.979. The average molecular weight is 393 g/mol. The molecule has 0 radical (unpaired) electrons. The summed E-state index contributed by atoms with van der Waals surface area (Å²) < 4.78 is 21.1. The number of nitrogens with one attached hydrogen (secondary N) is 1. The SMILES string of the molecule is C[C@@H](OC(=O)COc1ccc2ccccc2c1)C(=O)Nc1ccc2c(c1)OCO2. The van der Waals surface area contributed by atoms with Gasteiger partial charge in [0.05, 0.1) is 0 Å². The van der Waals surface area contributed by atoms with Crippen LogP contribution in [0.3, 0.4) is 0 Å². The van der Waals surface area contributed by atoms with Crippen LogP contribution in [-0.2, 0) is 14.3 Å². The van der Waals surface area contributed by atoms with Crippen molar-refractivity contribution < 1.29 is 28.5 Å². The summed E-state index contributed by atoms with van der Waals surface area (Å²) in [5, 5.41) is 4.77. The van der Waals surface area contributed by atoms with Gasteiger partial charge in [-0.25, -0.2) is 4.79 Å². The number of fused-ring (bicyclic) bond motifs is 2. The second kappa shape index (κ2) is 8.10. The molecule has 29 heavy (non-hydrogen) atoms. The first-order valence-corrected chi connectivity index (χ1v) is 9.10.